The molecule has 1 heterocycles. The Morgan fingerprint density at radius 3 is 2.80 bits per heavy atom. The van der Waals surface area contributed by atoms with E-state index >= 15 is 0 Å². The van der Waals surface area contributed by atoms with Gasteiger partial charge in [-0.3, -0.25) is 9.59 Å². The Hall–Kier alpha value is -1.85. The summed E-state index contributed by atoms with van der Waals surface area (Å²) >= 11 is 0. The summed E-state index contributed by atoms with van der Waals surface area (Å²) in [4.78, 5) is 30.0. The van der Waals surface area contributed by atoms with Crippen LogP contribution in [0.15, 0.2) is 12.5 Å². The Kier molecular flexibility index (Phi) is 3.43. The normalized spacial score (nSPS) is 12.1. The zero-order valence-corrected chi connectivity index (χ0v) is 8.60. The van der Waals surface area contributed by atoms with Crippen LogP contribution in [-0.4, -0.2) is 45.4 Å². The van der Waals surface area contributed by atoms with Crippen LogP contribution in [0, 0.1) is 5.92 Å². The van der Waals surface area contributed by atoms with Crippen LogP contribution in [0.1, 0.15) is 17.4 Å². The van der Waals surface area contributed by atoms with E-state index < -0.39 is 11.9 Å². The van der Waals surface area contributed by atoms with Crippen LogP contribution < -0.4 is 0 Å². The van der Waals surface area contributed by atoms with E-state index in [4.69, 9.17) is 5.11 Å². The fourth-order valence-corrected chi connectivity index (χ4v) is 1.15. The second-order valence-corrected chi connectivity index (χ2v) is 3.39. The average Bonchev–Trinajstić information content (AvgIpc) is 2.68. The highest BCUT2D eigenvalue weighted by Gasteiger charge is 2.18. The quantitative estimate of drug-likeness (QED) is 0.745. The predicted octanol–water partition coefficient (Wildman–Crippen LogP) is 0.202. The second-order valence-electron chi connectivity index (χ2n) is 3.39. The Balaban J connectivity index is 2.58. The lowest BCUT2D eigenvalue weighted by Crippen LogP contribution is -2.33. The third-order valence-electron chi connectivity index (χ3n) is 2.04. The van der Waals surface area contributed by atoms with Gasteiger partial charge in [-0.1, -0.05) is 6.92 Å². The number of aromatic nitrogens is 2. The summed E-state index contributed by atoms with van der Waals surface area (Å²) in [7, 11) is 1.56. The smallest absolute Gasteiger partial charge is 0.308 e. The van der Waals surface area contributed by atoms with Crippen LogP contribution in [0.2, 0.25) is 0 Å². The number of nitrogens with one attached hydrogen (secondary N) is 1. The third kappa shape index (κ3) is 2.80. The number of carboxylic acids is 1. The summed E-state index contributed by atoms with van der Waals surface area (Å²) in [5.41, 5.74) is 0.357. The molecule has 2 N–H and O–H groups in total. The number of hydrogen-bond acceptors (Lipinski definition) is 3. The van der Waals surface area contributed by atoms with Crippen LogP contribution in [0.5, 0.6) is 0 Å². The van der Waals surface area contributed by atoms with Crippen LogP contribution in [0.4, 0.5) is 0 Å². The van der Waals surface area contributed by atoms with Gasteiger partial charge < -0.3 is 15.0 Å². The van der Waals surface area contributed by atoms with Gasteiger partial charge in [0.05, 0.1) is 18.4 Å². The molecule has 1 aromatic rings. The number of imidazole rings is 1. The first-order valence-electron chi connectivity index (χ1n) is 4.49. The molecule has 6 nitrogen and oxygen atoms in total. The van der Waals surface area contributed by atoms with Gasteiger partial charge in [0.15, 0.2) is 0 Å². The van der Waals surface area contributed by atoms with Crippen molar-refractivity contribution in [2.24, 2.45) is 5.92 Å². The molecule has 1 amide bonds. The molecule has 1 aromatic heterocycles. The summed E-state index contributed by atoms with van der Waals surface area (Å²) in [6.07, 6.45) is 2.81. The van der Waals surface area contributed by atoms with Crippen molar-refractivity contribution in [1.82, 2.24) is 14.9 Å². The van der Waals surface area contributed by atoms with Gasteiger partial charge in [0.2, 0.25) is 0 Å². The van der Waals surface area contributed by atoms with Crippen molar-refractivity contribution in [3.05, 3.63) is 18.2 Å². The minimum absolute atomic E-state index is 0.174. The standard InChI is InChI=1S/C9H13N3O3/c1-6(9(14)15)4-12(2)8(13)7-3-10-5-11-7/h3,5-6H,4H2,1-2H3,(H,10,11)(H,14,15). The highest BCUT2D eigenvalue weighted by Crippen LogP contribution is 2.03. The lowest BCUT2D eigenvalue weighted by molar-refractivity contribution is -0.141. The van der Waals surface area contributed by atoms with Crippen molar-refractivity contribution in [2.45, 2.75) is 6.92 Å². The number of aromatic amines is 1. The maximum atomic E-state index is 11.6. The topological polar surface area (TPSA) is 86.3 Å². The van der Waals surface area contributed by atoms with E-state index in [9.17, 15) is 9.59 Å². The molecule has 1 rings (SSSR count). The first-order valence-corrected chi connectivity index (χ1v) is 4.49. The molecule has 1 unspecified atom stereocenters. The highest BCUT2D eigenvalue weighted by atomic mass is 16.4. The Morgan fingerprint density at radius 2 is 2.33 bits per heavy atom. The number of hydrogen-bond donors (Lipinski definition) is 2. The number of H-pyrrole nitrogens is 1. The van der Waals surface area contributed by atoms with Crippen LogP contribution in [0.3, 0.4) is 0 Å². The first kappa shape index (κ1) is 11.2. The van der Waals surface area contributed by atoms with E-state index in [1.807, 2.05) is 0 Å². The number of nitrogens with zero attached hydrogens (tertiary/aromatic N) is 2. The van der Waals surface area contributed by atoms with Crippen molar-refractivity contribution in [2.75, 3.05) is 13.6 Å². The fraction of sp³-hybridized carbons (Fsp3) is 0.444. The molecule has 0 bridgehead atoms. The number of carbonyl (C=O) groups excluding carboxylic acids is 1. The largest absolute Gasteiger partial charge is 0.481 e. The molecule has 1 atom stereocenters. The summed E-state index contributed by atoms with van der Waals surface area (Å²) in [6, 6.07) is 0. The molecule has 0 aromatic carbocycles. The molecule has 6 heteroatoms. The van der Waals surface area contributed by atoms with Crippen molar-refractivity contribution in [1.29, 1.82) is 0 Å². The van der Waals surface area contributed by atoms with Gasteiger partial charge in [0.25, 0.3) is 5.91 Å². The number of carbonyl (C=O) groups is 2. The number of amides is 1. The minimum atomic E-state index is -0.917. The third-order valence-corrected chi connectivity index (χ3v) is 2.04. The predicted molar refractivity (Wildman–Crippen MR) is 52.3 cm³/mol. The van der Waals surface area contributed by atoms with Crippen molar-refractivity contribution in [3.8, 4) is 0 Å². The Morgan fingerprint density at radius 1 is 1.67 bits per heavy atom. The van der Waals surface area contributed by atoms with Crippen LogP contribution in [0.25, 0.3) is 0 Å². The van der Waals surface area contributed by atoms with Gasteiger partial charge in [0, 0.05) is 13.6 Å². The summed E-state index contributed by atoms with van der Waals surface area (Å²) in [6.45, 7) is 1.73. The maximum absolute atomic E-state index is 11.6. The van der Waals surface area contributed by atoms with E-state index in [0.717, 1.165) is 0 Å². The Bertz CT molecular complexity index is 347. The molecule has 0 radical (unpaired) electrons. The van der Waals surface area contributed by atoms with E-state index in [0.29, 0.717) is 5.69 Å². The zero-order valence-electron chi connectivity index (χ0n) is 8.60. The summed E-state index contributed by atoms with van der Waals surface area (Å²) < 4.78 is 0. The monoisotopic (exact) mass is 211 g/mol. The van der Waals surface area contributed by atoms with Crippen LogP contribution in [-0.2, 0) is 4.79 Å². The molecule has 0 aliphatic heterocycles. The first-order chi connectivity index (χ1) is 7.02. The lowest BCUT2D eigenvalue weighted by atomic mass is 10.2. The second kappa shape index (κ2) is 4.59. The summed E-state index contributed by atoms with van der Waals surface area (Å²) in [5.74, 6) is -1.76. The molecule has 0 saturated heterocycles. The Labute approximate surface area is 86.9 Å². The van der Waals surface area contributed by atoms with E-state index in [1.54, 1.807) is 14.0 Å². The van der Waals surface area contributed by atoms with E-state index in [-0.39, 0.29) is 12.5 Å². The molecule has 0 aliphatic rings. The van der Waals surface area contributed by atoms with Crippen molar-refractivity contribution >= 4 is 11.9 Å². The van der Waals surface area contributed by atoms with Crippen LogP contribution >= 0.6 is 0 Å². The maximum Gasteiger partial charge on any atom is 0.308 e. The highest BCUT2D eigenvalue weighted by molar-refractivity contribution is 5.92. The minimum Gasteiger partial charge on any atom is -0.481 e. The molecule has 82 valence electrons. The number of carboxylic acid groups (broad SMARTS) is 1. The van der Waals surface area contributed by atoms with Gasteiger partial charge >= 0.3 is 5.97 Å². The van der Waals surface area contributed by atoms with Gasteiger partial charge in [-0.2, -0.15) is 0 Å². The molecule has 15 heavy (non-hydrogen) atoms. The van der Waals surface area contributed by atoms with E-state index in [1.165, 1.54) is 17.4 Å². The number of aliphatic carboxylic acids is 1. The van der Waals surface area contributed by atoms with Gasteiger partial charge in [-0.05, 0) is 0 Å². The van der Waals surface area contributed by atoms with Crippen molar-refractivity contribution in [3.63, 3.8) is 0 Å². The van der Waals surface area contributed by atoms with Gasteiger partial charge in [-0.15, -0.1) is 0 Å². The molecule has 0 fully saturated rings. The van der Waals surface area contributed by atoms with E-state index in [2.05, 4.69) is 9.97 Å². The fourth-order valence-electron chi connectivity index (χ4n) is 1.15. The molecular formula is C9H13N3O3. The zero-order chi connectivity index (χ0) is 11.4. The van der Waals surface area contributed by atoms with Crippen molar-refractivity contribution < 1.29 is 14.7 Å². The average molecular weight is 211 g/mol. The van der Waals surface area contributed by atoms with Gasteiger partial charge in [0.1, 0.15) is 5.69 Å². The summed E-state index contributed by atoms with van der Waals surface area (Å²) in [5, 5.41) is 8.69. The van der Waals surface area contributed by atoms with Gasteiger partial charge in [-0.25, -0.2) is 4.98 Å². The molecular weight excluding hydrogens is 198 g/mol. The SMILES string of the molecule is CC(CN(C)C(=O)c1cnc[nH]1)C(=O)O. The molecule has 0 spiro atoms. The number of rotatable bonds is 4. The molecule has 0 aliphatic carbocycles. The molecule has 0 saturated carbocycles. The lowest BCUT2D eigenvalue weighted by Gasteiger charge is -2.18.